The first kappa shape index (κ1) is 12.9. The molecule has 18 heavy (non-hydrogen) atoms. The van der Waals surface area contributed by atoms with E-state index in [0.717, 1.165) is 22.6 Å². The fourth-order valence-corrected chi connectivity index (χ4v) is 1.83. The minimum atomic E-state index is -0.00555. The minimum absolute atomic E-state index is 0.00555. The smallest absolute Gasteiger partial charge is 0.131 e. The molecule has 0 fully saturated rings. The molecule has 3 heteroatoms. The van der Waals surface area contributed by atoms with Crippen LogP contribution in [0.15, 0.2) is 42.5 Å². The molecule has 2 rings (SSSR count). The van der Waals surface area contributed by atoms with E-state index in [2.05, 4.69) is 0 Å². The number of ether oxygens (including phenoxy) is 1. The Balaban J connectivity index is 2.28. The predicted molar refractivity (Wildman–Crippen MR) is 75.3 cm³/mol. The molecule has 0 spiro atoms. The van der Waals surface area contributed by atoms with E-state index in [4.69, 9.17) is 22.1 Å². The van der Waals surface area contributed by atoms with Gasteiger partial charge >= 0.3 is 0 Å². The molecule has 0 aliphatic carbocycles. The van der Waals surface area contributed by atoms with Crippen LogP contribution in [0.2, 0.25) is 5.02 Å². The third kappa shape index (κ3) is 3.03. The van der Waals surface area contributed by atoms with E-state index in [1.54, 1.807) is 0 Å². The summed E-state index contributed by atoms with van der Waals surface area (Å²) in [5.41, 5.74) is 7.95. The Morgan fingerprint density at radius 2 is 1.94 bits per heavy atom. The van der Waals surface area contributed by atoms with Gasteiger partial charge in [-0.2, -0.15) is 0 Å². The van der Waals surface area contributed by atoms with Gasteiger partial charge in [0.25, 0.3) is 0 Å². The number of benzene rings is 2. The first-order valence-electron chi connectivity index (χ1n) is 5.86. The van der Waals surface area contributed by atoms with Gasteiger partial charge in [0.15, 0.2) is 0 Å². The van der Waals surface area contributed by atoms with Gasteiger partial charge in [0.1, 0.15) is 11.5 Å². The molecule has 94 valence electrons. The van der Waals surface area contributed by atoms with E-state index in [9.17, 15) is 0 Å². The number of hydrogen-bond donors (Lipinski definition) is 1. The van der Waals surface area contributed by atoms with Crippen molar-refractivity contribution in [3.8, 4) is 11.5 Å². The SMILES string of the molecule is Cc1ccc(Cl)cc1Oc1cccc(C(C)N)c1. The van der Waals surface area contributed by atoms with Crippen molar-refractivity contribution in [2.45, 2.75) is 19.9 Å². The van der Waals surface area contributed by atoms with Gasteiger partial charge < -0.3 is 10.5 Å². The van der Waals surface area contributed by atoms with Crippen LogP contribution in [-0.2, 0) is 0 Å². The molecule has 2 aromatic rings. The van der Waals surface area contributed by atoms with E-state index < -0.39 is 0 Å². The van der Waals surface area contributed by atoms with Crippen LogP contribution in [0.3, 0.4) is 0 Å². The van der Waals surface area contributed by atoms with E-state index >= 15 is 0 Å². The van der Waals surface area contributed by atoms with Crippen LogP contribution in [0.1, 0.15) is 24.1 Å². The van der Waals surface area contributed by atoms with Gasteiger partial charge in [0.05, 0.1) is 0 Å². The third-order valence-electron chi connectivity index (χ3n) is 2.76. The summed E-state index contributed by atoms with van der Waals surface area (Å²) < 4.78 is 5.84. The molecule has 0 amide bonds. The van der Waals surface area contributed by atoms with Gasteiger partial charge in [-0.15, -0.1) is 0 Å². The van der Waals surface area contributed by atoms with E-state index in [-0.39, 0.29) is 6.04 Å². The van der Waals surface area contributed by atoms with Crippen LogP contribution in [0, 0.1) is 6.92 Å². The second-order valence-electron chi connectivity index (χ2n) is 4.37. The molecular formula is C15H16ClNO. The van der Waals surface area contributed by atoms with Crippen LogP contribution in [-0.4, -0.2) is 0 Å². The molecule has 0 saturated carbocycles. The Labute approximate surface area is 112 Å². The van der Waals surface area contributed by atoms with Crippen LogP contribution in [0.4, 0.5) is 0 Å². The molecule has 0 aliphatic rings. The average Bonchev–Trinajstić information content (AvgIpc) is 2.34. The lowest BCUT2D eigenvalue weighted by Gasteiger charge is -2.11. The Morgan fingerprint density at radius 1 is 1.17 bits per heavy atom. The molecule has 0 radical (unpaired) electrons. The van der Waals surface area contributed by atoms with Crippen LogP contribution in [0.25, 0.3) is 0 Å². The Morgan fingerprint density at radius 3 is 2.67 bits per heavy atom. The molecular weight excluding hydrogens is 246 g/mol. The molecule has 0 aromatic heterocycles. The van der Waals surface area contributed by atoms with Crippen LogP contribution >= 0.6 is 11.6 Å². The fourth-order valence-electron chi connectivity index (χ4n) is 1.67. The van der Waals surface area contributed by atoms with Crippen LogP contribution in [0.5, 0.6) is 11.5 Å². The summed E-state index contributed by atoms with van der Waals surface area (Å²) >= 11 is 5.96. The van der Waals surface area contributed by atoms with Crippen molar-refractivity contribution in [3.05, 3.63) is 58.6 Å². The minimum Gasteiger partial charge on any atom is -0.457 e. The quantitative estimate of drug-likeness (QED) is 0.885. The third-order valence-corrected chi connectivity index (χ3v) is 3.00. The zero-order chi connectivity index (χ0) is 13.1. The highest BCUT2D eigenvalue weighted by molar-refractivity contribution is 6.30. The summed E-state index contributed by atoms with van der Waals surface area (Å²) in [6.07, 6.45) is 0. The van der Waals surface area contributed by atoms with Crippen molar-refractivity contribution in [2.24, 2.45) is 5.73 Å². The van der Waals surface area contributed by atoms with Crippen molar-refractivity contribution in [1.82, 2.24) is 0 Å². The normalized spacial score (nSPS) is 12.2. The Bertz CT molecular complexity index is 552. The molecule has 0 saturated heterocycles. The number of hydrogen-bond acceptors (Lipinski definition) is 2. The first-order chi connectivity index (χ1) is 8.56. The highest BCUT2D eigenvalue weighted by atomic mass is 35.5. The summed E-state index contributed by atoms with van der Waals surface area (Å²) in [6, 6.07) is 13.4. The second kappa shape index (κ2) is 5.42. The highest BCUT2D eigenvalue weighted by Crippen LogP contribution is 2.29. The lowest BCUT2D eigenvalue weighted by molar-refractivity contribution is 0.477. The summed E-state index contributed by atoms with van der Waals surface area (Å²) in [6.45, 7) is 3.94. The molecule has 2 nitrogen and oxygen atoms in total. The summed E-state index contributed by atoms with van der Waals surface area (Å²) in [7, 11) is 0. The maximum absolute atomic E-state index is 5.96. The molecule has 1 atom stereocenters. The summed E-state index contributed by atoms with van der Waals surface area (Å²) in [4.78, 5) is 0. The van der Waals surface area contributed by atoms with Crippen molar-refractivity contribution in [3.63, 3.8) is 0 Å². The number of halogens is 1. The standard InChI is InChI=1S/C15H16ClNO/c1-10-6-7-13(16)9-15(10)18-14-5-3-4-12(8-14)11(2)17/h3-9,11H,17H2,1-2H3. The van der Waals surface area contributed by atoms with Crippen molar-refractivity contribution >= 4 is 11.6 Å². The number of rotatable bonds is 3. The summed E-state index contributed by atoms with van der Waals surface area (Å²) in [5.74, 6) is 1.54. The van der Waals surface area contributed by atoms with Gasteiger partial charge in [-0.3, -0.25) is 0 Å². The van der Waals surface area contributed by atoms with E-state index in [0.29, 0.717) is 5.02 Å². The Kier molecular flexibility index (Phi) is 3.90. The molecule has 2 N–H and O–H groups in total. The van der Waals surface area contributed by atoms with Crippen molar-refractivity contribution in [1.29, 1.82) is 0 Å². The zero-order valence-corrected chi connectivity index (χ0v) is 11.2. The van der Waals surface area contributed by atoms with Gasteiger partial charge in [0.2, 0.25) is 0 Å². The topological polar surface area (TPSA) is 35.2 Å². The highest BCUT2D eigenvalue weighted by Gasteiger charge is 2.05. The van der Waals surface area contributed by atoms with Gasteiger partial charge in [-0.25, -0.2) is 0 Å². The van der Waals surface area contributed by atoms with Gasteiger partial charge in [0, 0.05) is 11.1 Å². The maximum atomic E-state index is 5.96. The average molecular weight is 262 g/mol. The monoisotopic (exact) mass is 261 g/mol. The largest absolute Gasteiger partial charge is 0.457 e. The molecule has 0 bridgehead atoms. The number of nitrogens with two attached hydrogens (primary N) is 1. The van der Waals surface area contributed by atoms with E-state index in [1.807, 2.05) is 56.3 Å². The van der Waals surface area contributed by atoms with Gasteiger partial charge in [-0.1, -0.05) is 29.8 Å². The molecule has 1 unspecified atom stereocenters. The zero-order valence-electron chi connectivity index (χ0n) is 10.5. The maximum Gasteiger partial charge on any atom is 0.131 e. The predicted octanol–water partition coefficient (Wildman–Crippen LogP) is 4.46. The van der Waals surface area contributed by atoms with Gasteiger partial charge in [-0.05, 0) is 49.2 Å². The molecule has 2 aromatic carbocycles. The second-order valence-corrected chi connectivity index (χ2v) is 4.81. The van der Waals surface area contributed by atoms with E-state index in [1.165, 1.54) is 0 Å². The summed E-state index contributed by atoms with van der Waals surface area (Å²) in [5, 5.41) is 0.666. The lowest BCUT2D eigenvalue weighted by Crippen LogP contribution is -2.04. The van der Waals surface area contributed by atoms with Crippen molar-refractivity contribution in [2.75, 3.05) is 0 Å². The first-order valence-corrected chi connectivity index (χ1v) is 6.23. The Hall–Kier alpha value is -1.51. The molecule has 0 aliphatic heterocycles. The lowest BCUT2D eigenvalue weighted by atomic mass is 10.1. The van der Waals surface area contributed by atoms with Crippen LogP contribution < -0.4 is 10.5 Å². The number of aryl methyl sites for hydroxylation is 1. The fraction of sp³-hybridized carbons (Fsp3) is 0.200. The molecule has 0 heterocycles. The van der Waals surface area contributed by atoms with Crippen molar-refractivity contribution < 1.29 is 4.74 Å².